The molecule has 3 rings (SSSR count). The van der Waals surface area contributed by atoms with Crippen LogP contribution < -0.4 is 5.32 Å². The molecule has 0 aliphatic carbocycles. The van der Waals surface area contributed by atoms with E-state index in [1.165, 1.54) is 16.7 Å². The summed E-state index contributed by atoms with van der Waals surface area (Å²) in [6.07, 6.45) is 1.67. The van der Waals surface area contributed by atoms with Crippen LogP contribution in [0, 0.1) is 0 Å². The second-order valence-electron chi connectivity index (χ2n) is 5.97. The van der Waals surface area contributed by atoms with Crippen molar-refractivity contribution in [3.05, 3.63) is 71.2 Å². The molecule has 28 heavy (non-hydrogen) atoms. The molecule has 1 aliphatic heterocycles. The standard InChI is InChI=1S/C20H17Cl2N3O2S/c1-2-11-25-19(27)17(12-18(26)23-15-7-3-13(21)4-8-15)28-20(25)24-16-9-5-14(22)6-10-16/h2-10,17H,1,11-12H2,(H,23,26)/t17-/m0/s1. The number of nitrogens with one attached hydrogen (secondary N) is 1. The van der Waals surface area contributed by atoms with Crippen molar-refractivity contribution >= 4 is 63.3 Å². The van der Waals surface area contributed by atoms with Gasteiger partial charge in [-0.05, 0) is 48.5 Å². The van der Waals surface area contributed by atoms with Crippen LogP contribution in [-0.4, -0.2) is 33.7 Å². The third kappa shape index (κ3) is 5.16. The van der Waals surface area contributed by atoms with Gasteiger partial charge in [-0.2, -0.15) is 0 Å². The lowest BCUT2D eigenvalue weighted by Crippen LogP contribution is -2.33. The van der Waals surface area contributed by atoms with E-state index in [1.54, 1.807) is 54.6 Å². The van der Waals surface area contributed by atoms with E-state index in [0.29, 0.717) is 33.1 Å². The summed E-state index contributed by atoms with van der Waals surface area (Å²) < 4.78 is 0. The number of thioether (sulfide) groups is 1. The zero-order valence-corrected chi connectivity index (χ0v) is 17.1. The van der Waals surface area contributed by atoms with Crippen LogP contribution in [-0.2, 0) is 9.59 Å². The molecule has 1 fully saturated rings. The number of benzene rings is 2. The Hall–Kier alpha value is -2.28. The average Bonchev–Trinajstić information content (AvgIpc) is 2.94. The van der Waals surface area contributed by atoms with Crippen molar-refractivity contribution in [3.63, 3.8) is 0 Å². The van der Waals surface area contributed by atoms with Crippen LogP contribution in [0.4, 0.5) is 11.4 Å². The monoisotopic (exact) mass is 433 g/mol. The van der Waals surface area contributed by atoms with Crippen LogP contribution in [0.5, 0.6) is 0 Å². The third-order valence-corrected chi connectivity index (χ3v) is 5.56. The van der Waals surface area contributed by atoms with Gasteiger partial charge < -0.3 is 5.32 Å². The van der Waals surface area contributed by atoms with Gasteiger partial charge in [-0.25, -0.2) is 4.99 Å². The molecule has 2 aromatic carbocycles. The highest BCUT2D eigenvalue weighted by molar-refractivity contribution is 8.15. The molecule has 1 N–H and O–H groups in total. The van der Waals surface area contributed by atoms with Gasteiger partial charge in [-0.3, -0.25) is 14.5 Å². The summed E-state index contributed by atoms with van der Waals surface area (Å²) >= 11 is 13.0. The summed E-state index contributed by atoms with van der Waals surface area (Å²) in [5.41, 5.74) is 1.31. The van der Waals surface area contributed by atoms with Crippen LogP contribution in [0.1, 0.15) is 6.42 Å². The van der Waals surface area contributed by atoms with Gasteiger partial charge in [-0.1, -0.05) is 41.0 Å². The highest BCUT2D eigenvalue weighted by Gasteiger charge is 2.38. The first-order valence-electron chi connectivity index (χ1n) is 8.45. The Labute approximate surface area is 177 Å². The van der Waals surface area contributed by atoms with E-state index < -0.39 is 5.25 Å². The van der Waals surface area contributed by atoms with Crippen molar-refractivity contribution in [2.24, 2.45) is 4.99 Å². The second-order valence-corrected chi connectivity index (χ2v) is 8.02. The second kappa shape index (κ2) is 9.28. The van der Waals surface area contributed by atoms with Gasteiger partial charge in [0.1, 0.15) is 5.25 Å². The Kier molecular flexibility index (Phi) is 6.78. The molecule has 0 unspecified atom stereocenters. The molecule has 2 amide bonds. The maximum atomic E-state index is 12.7. The molecule has 5 nitrogen and oxygen atoms in total. The van der Waals surface area contributed by atoms with Gasteiger partial charge in [0.05, 0.1) is 5.69 Å². The van der Waals surface area contributed by atoms with Crippen molar-refractivity contribution in [1.29, 1.82) is 0 Å². The molecular formula is C20H17Cl2N3O2S. The molecule has 0 saturated carbocycles. The van der Waals surface area contributed by atoms with Crippen molar-refractivity contribution in [1.82, 2.24) is 4.90 Å². The summed E-state index contributed by atoms with van der Waals surface area (Å²) in [6.45, 7) is 4.02. The van der Waals surface area contributed by atoms with Crippen molar-refractivity contribution in [3.8, 4) is 0 Å². The molecule has 1 saturated heterocycles. The summed E-state index contributed by atoms with van der Waals surface area (Å²) in [7, 11) is 0. The topological polar surface area (TPSA) is 61.8 Å². The van der Waals surface area contributed by atoms with E-state index in [1.807, 2.05) is 0 Å². The van der Waals surface area contributed by atoms with E-state index in [0.717, 1.165) is 0 Å². The minimum Gasteiger partial charge on any atom is -0.326 e. The van der Waals surface area contributed by atoms with Gasteiger partial charge in [0.25, 0.3) is 0 Å². The quantitative estimate of drug-likeness (QED) is 0.641. The highest BCUT2D eigenvalue weighted by atomic mass is 35.5. The Bertz CT molecular complexity index is 914. The third-order valence-electron chi connectivity index (χ3n) is 3.88. The van der Waals surface area contributed by atoms with Gasteiger partial charge in [-0.15, -0.1) is 6.58 Å². The SMILES string of the molecule is C=CCN1C(=O)[C@H](CC(=O)Nc2ccc(Cl)cc2)SC1=Nc1ccc(Cl)cc1. The first-order chi connectivity index (χ1) is 13.5. The number of nitrogens with zero attached hydrogens (tertiary/aromatic N) is 2. The molecule has 2 aromatic rings. The lowest BCUT2D eigenvalue weighted by molar-refractivity contribution is -0.127. The van der Waals surface area contributed by atoms with Crippen molar-refractivity contribution in [2.45, 2.75) is 11.7 Å². The summed E-state index contributed by atoms with van der Waals surface area (Å²) in [4.78, 5) is 31.2. The summed E-state index contributed by atoms with van der Waals surface area (Å²) in [6, 6.07) is 13.8. The largest absolute Gasteiger partial charge is 0.326 e. The number of rotatable bonds is 6. The van der Waals surface area contributed by atoms with Crippen molar-refractivity contribution < 1.29 is 9.59 Å². The molecule has 144 valence electrons. The zero-order valence-electron chi connectivity index (χ0n) is 14.8. The summed E-state index contributed by atoms with van der Waals surface area (Å²) in [5.74, 6) is -0.414. The van der Waals surface area contributed by atoms with E-state index in [-0.39, 0.29) is 18.2 Å². The van der Waals surface area contributed by atoms with Gasteiger partial charge >= 0.3 is 0 Å². The summed E-state index contributed by atoms with van der Waals surface area (Å²) in [5, 5.41) is 3.97. The smallest absolute Gasteiger partial charge is 0.242 e. The Morgan fingerprint density at radius 1 is 1.14 bits per heavy atom. The molecule has 0 spiro atoms. The fraction of sp³-hybridized carbons (Fsp3) is 0.150. The number of carbonyl (C=O) groups excluding carboxylic acids is 2. The molecule has 1 heterocycles. The van der Waals surface area contributed by atoms with Crippen LogP contribution in [0.2, 0.25) is 10.0 Å². The predicted molar refractivity (Wildman–Crippen MR) is 117 cm³/mol. The molecule has 1 atom stereocenters. The number of hydrogen-bond donors (Lipinski definition) is 1. The lowest BCUT2D eigenvalue weighted by Gasteiger charge is -2.13. The Morgan fingerprint density at radius 3 is 2.36 bits per heavy atom. The molecule has 0 radical (unpaired) electrons. The molecular weight excluding hydrogens is 417 g/mol. The van der Waals surface area contributed by atoms with Crippen molar-refractivity contribution in [2.75, 3.05) is 11.9 Å². The maximum Gasteiger partial charge on any atom is 0.242 e. The predicted octanol–water partition coefficient (Wildman–Crippen LogP) is 5.14. The maximum absolute atomic E-state index is 12.7. The number of anilines is 1. The molecule has 0 bridgehead atoms. The number of amides is 2. The average molecular weight is 434 g/mol. The van der Waals surface area contributed by atoms with Gasteiger partial charge in [0, 0.05) is 28.7 Å². The fourth-order valence-corrected chi connectivity index (χ4v) is 3.98. The van der Waals surface area contributed by atoms with Crippen LogP contribution >= 0.6 is 35.0 Å². The molecule has 0 aromatic heterocycles. The first kappa shape index (κ1) is 20.5. The Morgan fingerprint density at radius 2 is 1.75 bits per heavy atom. The highest BCUT2D eigenvalue weighted by Crippen LogP contribution is 2.32. The first-order valence-corrected chi connectivity index (χ1v) is 10.1. The van der Waals surface area contributed by atoms with Gasteiger partial charge in [0.2, 0.25) is 11.8 Å². The number of hydrogen-bond acceptors (Lipinski definition) is 4. The lowest BCUT2D eigenvalue weighted by atomic mass is 10.2. The number of aliphatic imine (C=N–C) groups is 1. The fourth-order valence-electron chi connectivity index (χ4n) is 2.56. The van der Waals surface area contributed by atoms with E-state index in [4.69, 9.17) is 23.2 Å². The van der Waals surface area contributed by atoms with Gasteiger partial charge in [0.15, 0.2) is 5.17 Å². The normalized spacial score (nSPS) is 17.8. The minimum atomic E-state index is -0.543. The number of halogens is 2. The van der Waals surface area contributed by atoms with Crippen LogP contribution in [0.15, 0.2) is 66.2 Å². The number of amidine groups is 1. The van der Waals surface area contributed by atoms with E-state index in [9.17, 15) is 9.59 Å². The number of carbonyl (C=O) groups is 2. The molecule has 8 heteroatoms. The van der Waals surface area contributed by atoms with Crippen LogP contribution in [0.25, 0.3) is 0 Å². The molecule has 1 aliphatic rings. The van der Waals surface area contributed by atoms with E-state index in [2.05, 4.69) is 16.9 Å². The van der Waals surface area contributed by atoms with Crippen LogP contribution in [0.3, 0.4) is 0 Å². The minimum absolute atomic E-state index is 0.0411. The Balaban J connectivity index is 1.72. The van der Waals surface area contributed by atoms with E-state index >= 15 is 0 Å². The zero-order chi connectivity index (χ0) is 20.1.